The van der Waals surface area contributed by atoms with Crippen molar-refractivity contribution < 1.29 is 0 Å². The van der Waals surface area contributed by atoms with Crippen LogP contribution in [0.3, 0.4) is 0 Å². The average molecular weight is 1520 g/mol. The van der Waals surface area contributed by atoms with E-state index < -0.39 is 0 Å². The number of hydrogen-bond acceptors (Lipinski definition) is 5. The van der Waals surface area contributed by atoms with Crippen molar-refractivity contribution in [1.82, 2.24) is 13.7 Å². The van der Waals surface area contributed by atoms with Gasteiger partial charge in [0.15, 0.2) is 0 Å². The van der Waals surface area contributed by atoms with Gasteiger partial charge in [-0.25, -0.2) is 0 Å². The van der Waals surface area contributed by atoms with E-state index in [1.165, 1.54) is 117 Å². The van der Waals surface area contributed by atoms with Crippen LogP contribution in [0.5, 0.6) is 0 Å². The van der Waals surface area contributed by atoms with Crippen LogP contribution in [0.1, 0.15) is 0 Å². The van der Waals surface area contributed by atoms with E-state index in [2.05, 4.69) is 428 Å². The second kappa shape index (κ2) is 25.5. The van der Waals surface area contributed by atoms with Gasteiger partial charge in [-0.15, -0.1) is 0 Å². The fraction of sp³-hybridized carbons (Fsp3) is 0. The third-order valence-corrected chi connectivity index (χ3v) is 27.4. The first-order chi connectivity index (χ1) is 56.2. The SMILES string of the molecule is c1ccc(N(c2ccccc2)c2cc3c4c(c2)N(c2ccccc2)c2ccccc2B4c2cc4c(c(-n5c6ccccc6c6c7c(c8ccccc8n7-c7ccccc7)c7c(c8ccccc8n7-c7ccccc7)c65)c2S3)[Se]c2cc(N(c3ccccc3)c3ccccc3)cc3c2B4c2ccccc2N3c2ccccc2)cc1. The van der Waals surface area contributed by atoms with Crippen LogP contribution in [0.4, 0.5) is 68.2 Å². The van der Waals surface area contributed by atoms with Gasteiger partial charge >= 0.3 is 670 Å². The van der Waals surface area contributed by atoms with Crippen LogP contribution >= 0.6 is 11.8 Å². The zero-order chi connectivity index (χ0) is 73.9. The summed E-state index contributed by atoms with van der Waals surface area (Å²) in [7, 11) is 0. The summed E-state index contributed by atoms with van der Waals surface area (Å²) >= 11 is 1.61. The van der Waals surface area contributed by atoms with Crippen LogP contribution in [0.25, 0.3) is 82.5 Å². The summed E-state index contributed by atoms with van der Waals surface area (Å²) in [6, 6.07) is 148. The Hall–Kier alpha value is -13.7. The Morgan fingerprint density at radius 3 is 1.05 bits per heavy atom. The van der Waals surface area contributed by atoms with E-state index in [-0.39, 0.29) is 28.4 Å². The molecule has 0 aliphatic carbocycles. The van der Waals surface area contributed by atoms with Gasteiger partial charge in [0, 0.05) is 0 Å². The molecule has 0 N–H and O–H groups in total. The molecule has 0 amide bonds. The van der Waals surface area contributed by atoms with Gasteiger partial charge in [0.2, 0.25) is 0 Å². The molecule has 0 unspecified atom stereocenters. The first-order valence-electron chi connectivity index (χ1n) is 38.8. The number of aromatic nitrogens is 3. The molecule has 24 rings (SSSR count). The Balaban J connectivity index is 0.904. The van der Waals surface area contributed by atoms with Crippen molar-refractivity contribution in [3.05, 3.63) is 394 Å². The monoisotopic (exact) mass is 1520 g/mol. The molecule has 11 heteroatoms. The molecule has 0 radical (unpaired) electrons. The predicted octanol–water partition coefficient (Wildman–Crippen LogP) is 20.9. The molecule has 0 spiro atoms. The molecule has 0 atom stereocenters. The number of anilines is 12. The Kier molecular flexibility index (Phi) is 14.5. The molecule has 0 fully saturated rings. The number of fused-ring (bicyclic) bond motifs is 20. The quantitative estimate of drug-likeness (QED) is 0.120. The van der Waals surface area contributed by atoms with Gasteiger partial charge in [0.25, 0.3) is 0 Å². The molecule has 3 aromatic heterocycles. The molecule has 0 saturated carbocycles. The molecular weight excluding hydrogens is 1460 g/mol. The topological polar surface area (TPSA) is 27.8 Å². The third-order valence-electron chi connectivity index (χ3n) is 23.7. The average Bonchev–Trinajstić information content (AvgIpc) is 1.53. The summed E-state index contributed by atoms with van der Waals surface area (Å²) in [5.74, 6) is 0. The summed E-state index contributed by atoms with van der Waals surface area (Å²) < 4.78 is 10.7. The molecular formula is C102H65B2N7SSe. The molecule has 7 heterocycles. The van der Waals surface area contributed by atoms with E-state index >= 15 is 0 Å². The third kappa shape index (κ3) is 9.54. The Morgan fingerprint density at radius 1 is 0.265 bits per heavy atom. The van der Waals surface area contributed by atoms with Crippen molar-refractivity contribution in [2.24, 2.45) is 0 Å². The Labute approximate surface area is 665 Å². The number of nitrogens with zero attached hydrogens (tertiary/aromatic N) is 7. The molecule has 113 heavy (non-hydrogen) atoms. The zero-order valence-corrected chi connectivity index (χ0v) is 63.7. The van der Waals surface area contributed by atoms with Crippen LogP contribution < -0.4 is 61.3 Å². The van der Waals surface area contributed by atoms with E-state index in [1.807, 2.05) is 11.8 Å². The van der Waals surface area contributed by atoms with E-state index in [0.29, 0.717) is 0 Å². The summed E-state index contributed by atoms with van der Waals surface area (Å²) in [6.07, 6.45) is 0. The second-order valence-electron chi connectivity index (χ2n) is 29.8. The van der Waals surface area contributed by atoms with E-state index in [1.54, 1.807) is 0 Å². The van der Waals surface area contributed by atoms with Gasteiger partial charge in [0.05, 0.1) is 0 Å². The summed E-state index contributed by atoms with van der Waals surface area (Å²) in [4.78, 5) is 12.6. The maximum atomic E-state index is 2.84. The normalized spacial score (nSPS) is 13.0. The molecule has 17 aromatic carbocycles. The zero-order valence-electron chi connectivity index (χ0n) is 61.1. The number of rotatable bonds is 11. The standard InChI is InChI=1S/C102H65B2N7SSe/c1-9-35-66(36-10-1)105(67-37-11-2-12-38-67)74-61-88-95-90(63-74)112-101-81(103(95)79-54-28-33-59-86(79)107(88)70-43-17-5-18-44-70)65-82-102(113-91-64-75(106(68-39-13-3-14-40-68)69-41-15-4-16-42-69)62-89-96(91)104(82)80-55-29-34-60-87(80)108(89)71-45-19-6-20-46-71)100(101)111-85-58-32-27-53-78(85)94-98-92(76-51-25-30-56-83(76)109(98)72-47-21-7-22-48-72)97-93(99(94)111)77-52-26-31-57-84(77)110(97)73-49-23-8-24-50-73/h1-65H. The summed E-state index contributed by atoms with van der Waals surface area (Å²) in [5.41, 5.74) is 31.8. The van der Waals surface area contributed by atoms with Crippen molar-refractivity contribution >= 4 is 216 Å². The van der Waals surface area contributed by atoms with E-state index in [0.717, 1.165) is 84.8 Å². The van der Waals surface area contributed by atoms with Gasteiger partial charge in [0.1, 0.15) is 0 Å². The minimum atomic E-state index is -0.373. The van der Waals surface area contributed by atoms with Crippen LogP contribution in [-0.4, -0.2) is 42.1 Å². The van der Waals surface area contributed by atoms with Crippen LogP contribution in [0, 0.1) is 0 Å². The summed E-state index contributed by atoms with van der Waals surface area (Å²) in [5, 5.41) is 7.26. The van der Waals surface area contributed by atoms with Crippen molar-refractivity contribution in [1.29, 1.82) is 0 Å². The van der Waals surface area contributed by atoms with Crippen LogP contribution in [0.2, 0.25) is 0 Å². The van der Waals surface area contributed by atoms with Gasteiger partial charge in [-0.1, -0.05) is 0 Å². The van der Waals surface area contributed by atoms with Gasteiger partial charge < -0.3 is 0 Å². The molecule has 7 nitrogen and oxygen atoms in total. The van der Waals surface area contributed by atoms with Gasteiger partial charge in [-0.2, -0.15) is 0 Å². The van der Waals surface area contributed by atoms with Crippen molar-refractivity contribution in [3.8, 4) is 17.1 Å². The van der Waals surface area contributed by atoms with Crippen LogP contribution in [-0.2, 0) is 0 Å². The molecule has 0 saturated heterocycles. The maximum absolute atomic E-state index is 2.84. The molecule has 4 aliphatic heterocycles. The molecule has 4 aliphatic rings. The van der Waals surface area contributed by atoms with E-state index in [9.17, 15) is 0 Å². The number of hydrogen-bond donors (Lipinski definition) is 0. The second-order valence-corrected chi connectivity index (χ2v) is 33.0. The molecule has 0 bridgehead atoms. The predicted molar refractivity (Wildman–Crippen MR) is 480 cm³/mol. The minimum absolute atomic E-state index is 0.194. The number of para-hydroxylation sites is 13. The summed E-state index contributed by atoms with van der Waals surface area (Å²) in [6.45, 7) is -0.408. The Bertz CT molecular complexity index is 6860. The van der Waals surface area contributed by atoms with E-state index in [4.69, 9.17) is 0 Å². The van der Waals surface area contributed by atoms with Gasteiger partial charge in [-0.05, 0) is 0 Å². The first-order valence-corrected chi connectivity index (χ1v) is 41.3. The fourth-order valence-corrected chi connectivity index (χ4v) is 23.6. The molecule has 526 valence electrons. The van der Waals surface area contributed by atoms with Crippen molar-refractivity contribution in [2.75, 3.05) is 19.6 Å². The fourth-order valence-electron chi connectivity index (χ4n) is 19.4. The Morgan fingerprint density at radius 2 is 0.611 bits per heavy atom. The first kappa shape index (κ1) is 64.2. The molecule has 20 aromatic rings. The van der Waals surface area contributed by atoms with Crippen LogP contribution in [0.15, 0.2) is 404 Å². The van der Waals surface area contributed by atoms with Crippen molar-refractivity contribution in [2.45, 2.75) is 9.79 Å². The number of benzene rings is 17. The van der Waals surface area contributed by atoms with Crippen molar-refractivity contribution in [3.63, 3.8) is 0 Å². The van der Waals surface area contributed by atoms with Gasteiger partial charge in [-0.3, -0.25) is 0 Å².